The molecule has 0 aliphatic heterocycles. The summed E-state index contributed by atoms with van der Waals surface area (Å²) in [5, 5.41) is 0. The Hall–Kier alpha value is -1.44. The largest absolute Gasteiger partial charge is 0.295 e. The van der Waals surface area contributed by atoms with Crippen LogP contribution in [0.1, 0.15) is 59.9 Å². The van der Waals surface area contributed by atoms with E-state index in [4.69, 9.17) is 0 Å². The average Bonchev–Trinajstić information content (AvgIpc) is 2.23. The highest BCUT2D eigenvalue weighted by Gasteiger charge is 2.31. The summed E-state index contributed by atoms with van der Waals surface area (Å²) in [6.45, 7) is 5.81. The van der Waals surface area contributed by atoms with Gasteiger partial charge in [-0.25, -0.2) is 0 Å². The second-order valence-electron chi connectivity index (χ2n) is 5.12. The van der Waals surface area contributed by atoms with Gasteiger partial charge in [0.1, 0.15) is 0 Å². The monoisotopic (exact) mass is 216 g/mol. The number of fused-ring (bicyclic) bond motifs is 1. The molecule has 2 heteroatoms. The van der Waals surface area contributed by atoms with Crippen LogP contribution in [0.25, 0.3) is 0 Å². The van der Waals surface area contributed by atoms with Gasteiger partial charge in [0.25, 0.3) is 0 Å². The molecule has 0 amide bonds. The Morgan fingerprint density at radius 3 is 2.62 bits per heavy atom. The Labute approximate surface area is 95.7 Å². The summed E-state index contributed by atoms with van der Waals surface area (Å²) in [6, 6.07) is 5.44. The first-order valence-corrected chi connectivity index (χ1v) is 5.60. The highest BCUT2D eigenvalue weighted by atomic mass is 16.1. The standard InChI is InChI=1S/C14H16O2/c1-9(15)10-4-5-11-12(8-10)14(2,3)7-6-13(11)16/h4-5,8H,6-7H2,1-3H3. The lowest BCUT2D eigenvalue weighted by molar-refractivity contribution is 0.0953. The maximum atomic E-state index is 11.8. The minimum atomic E-state index is -0.00525. The number of rotatable bonds is 1. The normalized spacial score (nSPS) is 18.1. The number of carbonyl (C=O) groups is 2. The molecule has 0 bridgehead atoms. The van der Waals surface area contributed by atoms with E-state index in [1.165, 1.54) is 0 Å². The van der Waals surface area contributed by atoms with Gasteiger partial charge in [-0.15, -0.1) is 0 Å². The zero-order valence-corrected chi connectivity index (χ0v) is 9.96. The molecule has 1 aromatic rings. The quantitative estimate of drug-likeness (QED) is 0.676. The molecule has 0 radical (unpaired) electrons. The van der Waals surface area contributed by atoms with Crippen molar-refractivity contribution in [2.24, 2.45) is 0 Å². The van der Waals surface area contributed by atoms with Crippen molar-refractivity contribution < 1.29 is 9.59 Å². The van der Waals surface area contributed by atoms with Crippen molar-refractivity contribution in [2.45, 2.75) is 39.0 Å². The molecule has 16 heavy (non-hydrogen) atoms. The lowest BCUT2D eigenvalue weighted by atomic mass is 9.72. The van der Waals surface area contributed by atoms with Gasteiger partial charge in [0.15, 0.2) is 11.6 Å². The third kappa shape index (κ3) is 1.69. The minimum Gasteiger partial charge on any atom is -0.295 e. The van der Waals surface area contributed by atoms with Crippen molar-refractivity contribution in [3.05, 3.63) is 34.9 Å². The summed E-state index contributed by atoms with van der Waals surface area (Å²) in [4.78, 5) is 23.1. The molecule has 1 aromatic carbocycles. The zero-order chi connectivity index (χ0) is 11.9. The van der Waals surface area contributed by atoms with Crippen LogP contribution in [-0.2, 0) is 5.41 Å². The van der Waals surface area contributed by atoms with E-state index < -0.39 is 0 Å². The molecule has 2 nitrogen and oxygen atoms in total. The first-order valence-electron chi connectivity index (χ1n) is 5.60. The van der Waals surface area contributed by atoms with Gasteiger partial charge in [0, 0.05) is 17.5 Å². The average molecular weight is 216 g/mol. The predicted octanol–water partition coefficient (Wildman–Crippen LogP) is 3.14. The lowest BCUT2D eigenvalue weighted by Crippen LogP contribution is -2.27. The SMILES string of the molecule is CC(=O)c1ccc2c(c1)C(C)(C)CCC2=O. The zero-order valence-electron chi connectivity index (χ0n) is 9.96. The van der Waals surface area contributed by atoms with E-state index in [0.717, 1.165) is 17.5 Å². The van der Waals surface area contributed by atoms with E-state index in [-0.39, 0.29) is 17.0 Å². The van der Waals surface area contributed by atoms with Crippen LogP contribution in [0.4, 0.5) is 0 Å². The first-order chi connectivity index (χ1) is 7.42. The molecule has 0 N–H and O–H groups in total. The van der Waals surface area contributed by atoms with Crippen LogP contribution < -0.4 is 0 Å². The number of benzene rings is 1. The van der Waals surface area contributed by atoms with E-state index >= 15 is 0 Å². The van der Waals surface area contributed by atoms with Crippen molar-refractivity contribution in [2.75, 3.05) is 0 Å². The molecule has 0 atom stereocenters. The van der Waals surface area contributed by atoms with Crippen molar-refractivity contribution in [1.82, 2.24) is 0 Å². The van der Waals surface area contributed by atoms with Crippen LogP contribution in [-0.4, -0.2) is 11.6 Å². The summed E-state index contributed by atoms with van der Waals surface area (Å²) in [7, 11) is 0. The van der Waals surface area contributed by atoms with Gasteiger partial charge in [0.05, 0.1) is 0 Å². The summed E-state index contributed by atoms with van der Waals surface area (Å²) < 4.78 is 0. The van der Waals surface area contributed by atoms with Gasteiger partial charge < -0.3 is 0 Å². The Kier molecular flexibility index (Phi) is 2.45. The van der Waals surface area contributed by atoms with Crippen LogP contribution in [0.3, 0.4) is 0 Å². The molecule has 0 unspecified atom stereocenters. The van der Waals surface area contributed by atoms with E-state index in [0.29, 0.717) is 12.0 Å². The molecule has 1 aliphatic rings. The summed E-state index contributed by atoms with van der Waals surface area (Å²) >= 11 is 0. The van der Waals surface area contributed by atoms with Crippen LogP contribution in [0, 0.1) is 0 Å². The molecule has 1 aliphatic carbocycles. The summed E-state index contributed by atoms with van der Waals surface area (Å²) in [5.41, 5.74) is 2.51. The van der Waals surface area contributed by atoms with Gasteiger partial charge in [0.2, 0.25) is 0 Å². The molecule has 0 spiro atoms. The minimum absolute atomic E-state index is 0.00525. The van der Waals surface area contributed by atoms with Crippen LogP contribution in [0.5, 0.6) is 0 Å². The molecule has 0 saturated heterocycles. The lowest BCUT2D eigenvalue weighted by Gasteiger charge is -2.31. The summed E-state index contributed by atoms with van der Waals surface area (Å²) in [6.07, 6.45) is 1.47. The van der Waals surface area contributed by atoms with Crippen molar-refractivity contribution in [1.29, 1.82) is 0 Å². The Bertz CT molecular complexity index is 470. The van der Waals surface area contributed by atoms with Gasteiger partial charge in [-0.05, 0) is 30.4 Å². The van der Waals surface area contributed by atoms with E-state index in [2.05, 4.69) is 13.8 Å². The number of hydrogen-bond acceptors (Lipinski definition) is 2. The highest BCUT2D eigenvalue weighted by molar-refractivity contribution is 6.01. The van der Waals surface area contributed by atoms with Gasteiger partial charge in [-0.1, -0.05) is 26.0 Å². The molecular weight excluding hydrogens is 200 g/mol. The molecule has 0 aromatic heterocycles. The fraction of sp³-hybridized carbons (Fsp3) is 0.429. The predicted molar refractivity (Wildman–Crippen MR) is 63.0 cm³/mol. The van der Waals surface area contributed by atoms with Crippen LogP contribution >= 0.6 is 0 Å². The third-order valence-electron chi connectivity index (χ3n) is 3.43. The molecule has 84 valence electrons. The fourth-order valence-electron chi connectivity index (χ4n) is 2.26. The number of carbonyl (C=O) groups excluding carboxylic acids is 2. The summed E-state index contributed by atoms with van der Waals surface area (Å²) in [5.74, 6) is 0.251. The van der Waals surface area contributed by atoms with Gasteiger partial charge in [-0.2, -0.15) is 0 Å². The maximum Gasteiger partial charge on any atom is 0.163 e. The van der Waals surface area contributed by atoms with Crippen LogP contribution in [0.2, 0.25) is 0 Å². The van der Waals surface area contributed by atoms with Crippen LogP contribution in [0.15, 0.2) is 18.2 Å². The van der Waals surface area contributed by atoms with Crippen molar-refractivity contribution in [3.8, 4) is 0 Å². The van der Waals surface area contributed by atoms with Gasteiger partial charge in [-0.3, -0.25) is 9.59 Å². The Morgan fingerprint density at radius 2 is 2.00 bits per heavy atom. The fourth-order valence-corrected chi connectivity index (χ4v) is 2.26. The number of hydrogen-bond donors (Lipinski definition) is 0. The molecule has 0 saturated carbocycles. The smallest absolute Gasteiger partial charge is 0.163 e. The molecule has 0 fully saturated rings. The first kappa shape index (κ1) is 11.1. The molecular formula is C14H16O2. The van der Waals surface area contributed by atoms with E-state index in [9.17, 15) is 9.59 Å². The van der Waals surface area contributed by atoms with Gasteiger partial charge >= 0.3 is 0 Å². The second-order valence-corrected chi connectivity index (χ2v) is 5.12. The highest BCUT2D eigenvalue weighted by Crippen LogP contribution is 2.37. The van der Waals surface area contributed by atoms with E-state index in [1.54, 1.807) is 19.1 Å². The second kappa shape index (κ2) is 3.55. The topological polar surface area (TPSA) is 34.1 Å². The Balaban J connectivity index is 2.62. The third-order valence-corrected chi connectivity index (χ3v) is 3.43. The van der Waals surface area contributed by atoms with Crippen molar-refractivity contribution in [3.63, 3.8) is 0 Å². The molecule has 0 heterocycles. The molecule has 2 rings (SSSR count). The van der Waals surface area contributed by atoms with Crippen molar-refractivity contribution >= 4 is 11.6 Å². The Morgan fingerprint density at radius 1 is 1.31 bits per heavy atom. The number of ketones is 2. The maximum absolute atomic E-state index is 11.8. The number of Topliss-reactive ketones (excluding diaryl/α,β-unsaturated/α-hetero) is 2. The van der Waals surface area contributed by atoms with E-state index in [1.807, 2.05) is 6.07 Å².